The molecule has 0 heteroatoms. The van der Waals surface area contributed by atoms with Gasteiger partial charge in [-0.15, -0.1) is 0 Å². The zero-order valence-corrected chi connectivity index (χ0v) is 14.0. The second-order valence-corrected chi connectivity index (χ2v) is 6.50. The van der Waals surface area contributed by atoms with Gasteiger partial charge in [-0.05, 0) is 42.2 Å². The molecule has 0 aliphatic carbocycles. The molecule has 2 rings (SSSR count). The summed E-state index contributed by atoms with van der Waals surface area (Å²) in [6, 6.07) is 21.3. The lowest BCUT2D eigenvalue weighted by Gasteiger charge is -2.03. The summed E-state index contributed by atoms with van der Waals surface area (Å²) in [5, 5.41) is 0. The first-order valence-corrected chi connectivity index (χ1v) is 8.15. The molecule has 0 fully saturated rings. The maximum atomic E-state index is 2.27. The molecule has 0 aliphatic heterocycles. The quantitative estimate of drug-likeness (QED) is 0.616. The van der Waals surface area contributed by atoms with E-state index in [9.17, 15) is 0 Å². The van der Waals surface area contributed by atoms with E-state index in [0.717, 1.165) is 11.8 Å². The molecule has 0 aromatic heterocycles. The molecule has 0 nitrogen and oxygen atoms in total. The fraction of sp³-hybridized carbons (Fsp3) is 0.429. The molecule has 0 atom stereocenters. The highest BCUT2D eigenvalue weighted by Crippen LogP contribution is 2.08. The van der Waals surface area contributed by atoms with Crippen LogP contribution in [0, 0.1) is 11.8 Å². The van der Waals surface area contributed by atoms with E-state index in [1.807, 2.05) is 0 Å². The molecule has 0 aliphatic rings. The summed E-state index contributed by atoms with van der Waals surface area (Å²) in [7, 11) is 0. The molecule has 0 N–H and O–H groups in total. The highest BCUT2D eigenvalue weighted by Gasteiger charge is 1.95. The van der Waals surface area contributed by atoms with Crippen molar-refractivity contribution in [2.24, 2.45) is 11.8 Å². The van der Waals surface area contributed by atoms with Gasteiger partial charge in [0.1, 0.15) is 0 Å². The predicted molar refractivity (Wildman–Crippen MR) is 94.6 cm³/mol. The summed E-state index contributed by atoms with van der Waals surface area (Å²) in [4.78, 5) is 0. The maximum Gasteiger partial charge on any atom is -0.0256 e. The van der Waals surface area contributed by atoms with E-state index in [2.05, 4.69) is 88.4 Å². The Morgan fingerprint density at radius 2 is 1.10 bits per heavy atom. The van der Waals surface area contributed by atoms with Crippen molar-refractivity contribution < 1.29 is 0 Å². The van der Waals surface area contributed by atoms with Crippen LogP contribution in [0.2, 0.25) is 0 Å². The molecule has 0 heterocycles. The van der Waals surface area contributed by atoms with Gasteiger partial charge in [0.2, 0.25) is 0 Å². The summed E-state index contributed by atoms with van der Waals surface area (Å²) in [6.07, 6.45) is 3.71. The normalized spacial score (nSPS) is 10.4. The number of hydrogen-bond acceptors (Lipinski definition) is 0. The molecule has 114 valence electrons. The van der Waals surface area contributed by atoms with E-state index in [-0.39, 0.29) is 0 Å². The van der Waals surface area contributed by atoms with E-state index in [1.54, 1.807) is 0 Å². The number of hydrogen-bond donors (Lipinski definition) is 0. The van der Waals surface area contributed by atoms with Crippen molar-refractivity contribution in [3.63, 3.8) is 0 Å². The third-order valence-electron chi connectivity index (χ3n) is 3.34. The maximum absolute atomic E-state index is 2.27. The number of aryl methyl sites for hydroxylation is 1. The molecular formula is C21H30. The summed E-state index contributed by atoms with van der Waals surface area (Å²) in [5.41, 5.74) is 2.90. The molecule has 0 saturated carbocycles. The Morgan fingerprint density at radius 3 is 1.52 bits per heavy atom. The standard InChI is InChI=1S/C11H16.C10H14/c1-10(2)8-9-11-6-4-3-5-7-11;1-9(2)8-10-6-4-3-5-7-10/h3-7,10H,8-9H2,1-2H3;3-7,9H,8H2,1-2H3. The molecule has 0 radical (unpaired) electrons. The lowest BCUT2D eigenvalue weighted by Crippen LogP contribution is -1.92. The van der Waals surface area contributed by atoms with Crippen LogP contribution in [0.15, 0.2) is 60.7 Å². The first-order valence-electron chi connectivity index (χ1n) is 8.15. The highest BCUT2D eigenvalue weighted by atomic mass is 14.0. The van der Waals surface area contributed by atoms with Crippen LogP contribution in [0.5, 0.6) is 0 Å². The zero-order chi connectivity index (χ0) is 15.5. The molecule has 21 heavy (non-hydrogen) atoms. The Balaban J connectivity index is 0.000000211. The Kier molecular flexibility index (Phi) is 8.50. The van der Waals surface area contributed by atoms with Crippen LogP contribution in [-0.2, 0) is 12.8 Å². The lowest BCUT2D eigenvalue weighted by molar-refractivity contribution is 0.587. The monoisotopic (exact) mass is 282 g/mol. The van der Waals surface area contributed by atoms with E-state index >= 15 is 0 Å². The van der Waals surface area contributed by atoms with Crippen molar-refractivity contribution >= 4 is 0 Å². The van der Waals surface area contributed by atoms with Gasteiger partial charge in [0.05, 0.1) is 0 Å². The van der Waals surface area contributed by atoms with Crippen molar-refractivity contribution in [1.82, 2.24) is 0 Å². The summed E-state index contributed by atoms with van der Waals surface area (Å²) < 4.78 is 0. The second-order valence-electron chi connectivity index (χ2n) is 6.50. The van der Waals surface area contributed by atoms with Gasteiger partial charge in [-0.2, -0.15) is 0 Å². The second kappa shape index (κ2) is 10.2. The van der Waals surface area contributed by atoms with E-state index in [1.165, 1.54) is 30.4 Å². The lowest BCUT2D eigenvalue weighted by atomic mass is 10.0. The van der Waals surface area contributed by atoms with Gasteiger partial charge in [-0.1, -0.05) is 88.4 Å². The third kappa shape index (κ3) is 9.07. The Labute approximate surface area is 131 Å². The van der Waals surface area contributed by atoms with Crippen LogP contribution in [0.1, 0.15) is 45.2 Å². The van der Waals surface area contributed by atoms with Crippen LogP contribution < -0.4 is 0 Å². The predicted octanol–water partition coefficient (Wildman–Crippen LogP) is 6.16. The van der Waals surface area contributed by atoms with Crippen molar-refractivity contribution in [2.45, 2.75) is 47.0 Å². The zero-order valence-electron chi connectivity index (χ0n) is 14.0. The molecule has 2 aromatic rings. The van der Waals surface area contributed by atoms with Crippen LogP contribution in [-0.4, -0.2) is 0 Å². The van der Waals surface area contributed by atoms with Gasteiger partial charge in [-0.3, -0.25) is 0 Å². The van der Waals surface area contributed by atoms with Crippen molar-refractivity contribution in [3.05, 3.63) is 71.8 Å². The molecule has 0 unspecified atom stereocenters. The van der Waals surface area contributed by atoms with E-state index < -0.39 is 0 Å². The minimum Gasteiger partial charge on any atom is -0.0628 e. The van der Waals surface area contributed by atoms with Crippen molar-refractivity contribution in [3.8, 4) is 0 Å². The minimum absolute atomic E-state index is 0.766. The minimum atomic E-state index is 0.766. The highest BCUT2D eigenvalue weighted by molar-refractivity contribution is 5.15. The van der Waals surface area contributed by atoms with E-state index in [0.29, 0.717) is 0 Å². The molecule has 0 saturated heterocycles. The SMILES string of the molecule is CC(C)CCc1ccccc1.CC(C)Cc1ccccc1. The van der Waals surface area contributed by atoms with Gasteiger partial charge in [-0.25, -0.2) is 0 Å². The first kappa shape index (κ1) is 17.5. The smallest absolute Gasteiger partial charge is 0.0256 e. The van der Waals surface area contributed by atoms with Gasteiger partial charge >= 0.3 is 0 Å². The van der Waals surface area contributed by atoms with Gasteiger partial charge in [0.25, 0.3) is 0 Å². The average molecular weight is 282 g/mol. The first-order chi connectivity index (χ1) is 10.1. The Bertz CT molecular complexity index is 454. The average Bonchev–Trinajstić information content (AvgIpc) is 2.47. The molecule has 0 amide bonds. The largest absolute Gasteiger partial charge is 0.0628 e. The van der Waals surface area contributed by atoms with Crippen LogP contribution in [0.25, 0.3) is 0 Å². The molecule has 0 bridgehead atoms. The van der Waals surface area contributed by atoms with Gasteiger partial charge < -0.3 is 0 Å². The fourth-order valence-electron chi connectivity index (χ4n) is 2.19. The van der Waals surface area contributed by atoms with E-state index in [4.69, 9.17) is 0 Å². The topological polar surface area (TPSA) is 0 Å². The molecule has 0 spiro atoms. The Hall–Kier alpha value is -1.56. The summed E-state index contributed by atoms with van der Waals surface area (Å²) in [5.74, 6) is 1.58. The van der Waals surface area contributed by atoms with Crippen LogP contribution >= 0.6 is 0 Å². The number of rotatable bonds is 5. The van der Waals surface area contributed by atoms with Crippen LogP contribution in [0.3, 0.4) is 0 Å². The van der Waals surface area contributed by atoms with Crippen molar-refractivity contribution in [2.75, 3.05) is 0 Å². The fourth-order valence-corrected chi connectivity index (χ4v) is 2.19. The van der Waals surface area contributed by atoms with Crippen molar-refractivity contribution in [1.29, 1.82) is 0 Å². The number of benzene rings is 2. The molecular weight excluding hydrogens is 252 g/mol. The summed E-state index contributed by atoms with van der Waals surface area (Å²) >= 11 is 0. The summed E-state index contributed by atoms with van der Waals surface area (Å²) in [6.45, 7) is 9.02. The third-order valence-corrected chi connectivity index (χ3v) is 3.34. The van der Waals surface area contributed by atoms with Gasteiger partial charge in [0.15, 0.2) is 0 Å². The Morgan fingerprint density at radius 1 is 0.619 bits per heavy atom. The van der Waals surface area contributed by atoms with Gasteiger partial charge in [0, 0.05) is 0 Å². The molecule has 2 aromatic carbocycles. The van der Waals surface area contributed by atoms with Crippen LogP contribution in [0.4, 0.5) is 0 Å².